The Hall–Kier alpha value is -1.75. The highest BCUT2D eigenvalue weighted by Gasteiger charge is 2.27. The molecule has 2 atom stereocenters. The Balaban J connectivity index is 2.08. The van der Waals surface area contributed by atoms with Gasteiger partial charge in [-0.25, -0.2) is 13.8 Å². The number of benzene rings is 1. The van der Waals surface area contributed by atoms with E-state index in [0.717, 1.165) is 19.3 Å². The van der Waals surface area contributed by atoms with Crippen LogP contribution in [0.5, 0.6) is 0 Å². The van der Waals surface area contributed by atoms with Gasteiger partial charge in [0.2, 0.25) is 0 Å². The second kappa shape index (κ2) is 4.98. The van der Waals surface area contributed by atoms with Crippen LogP contribution in [0, 0.1) is 18.6 Å². The number of aryl methyl sites for hydroxylation is 1. The summed E-state index contributed by atoms with van der Waals surface area (Å²) in [5.41, 5.74) is 6.29. The standard InChI is InChI=1S/C15H17F2N3/c1-9-2-5-12(16)13(14(9)17)15-19-6-7-20(15)11-4-3-10(18)8-11/h2,5-7,10-11H,3-4,8,18H2,1H3/t10-,11+/m0/s1. The molecule has 1 fully saturated rings. The summed E-state index contributed by atoms with van der Waals surface area (Å²) in [5.74, 6) is -0.773. The van der Waals surface area contributed by atoms with Crippen LogP contribution in [0.2, 0.25) is 0 Å². The van der Waals surface area contributed by atoms with Crippen LogP contribution in [0.25, 0.3) is 11.4 Å². The van der Waals surface area contributed by atoms with Gasteiger partial charge < -0.3 is 10.3 Å². The highest BCUT2D eigenvalue weighted by Crippen LogP contribution is 2.34. The second-order valence-electron chi connectivity index (χ2n) is 5.44. The van der Waals surface area contributed by atoms with E-state index in [2.05, 4.69) is 4.98 Å². The molecule has 1 saturated carbocycles. The number of hydrogen-bond acceptors (Lipinski definition) is 2. The van der Waals surface area contributed by atoms with Crippen molar-refractivity contribution in [1.29, 1.82) is 0 Å². The molecule has 0 amide bonds. The van der Waals surface area contributed by atoms with Crippen LogP contribution < -0.4 is 5.73 Å². The quantitative estimate of drug-likeness (QED) is 0.916. The molecule has 1 aromatic heterocycles. The molecule has 20 heavy (non-hydrogen) atoms. The first kappa shape index (κ1) is 13.2. The largest absolute Gasteiger partial charge is 0.328 e. The van der Waals surface area contributed by atoms with Gasteiger partial charge in [-0.3, -0.25) is 0 Å². The van der Waals surface area contributed by atoms with E-state index in [0.29, 0.717) is 11.4 Å². The fraction of sp³-hybridized carbons (Fsp3) is 0.400. The van der Waals surface area contributed by atoms with Crippen molar-refractivity contribution in [2.24, 2.45) is 5.73 Å². The van der Waals surface area contributed by atoms with E-state index in [-0.39, 0.29) is 17.6 Å². The first-order valence-corrected chi connectivity index (χ1v) is 6.81. The summed E-state index contributed by atoms with van der Waals surface area (Å²) >= 11 is 0. The molecule has 0 bridgehead atoms. The Labute approximate surface area is 116 Å². The molecule has 3 nitrogen and oxygen atoms in total. The average Bonchev–Trinajstić information content (AvgIpc) is 3.03. The zero-order valence-corrected chi connectivity index (χ0v) is 11.3. The summed E-state index contributed by atoms with van der Waals surface area (Å²) in [7, 11) is 0. The molecule has 1 heterocycles. The number of aromatic nitrogens is 2. The van der Waals surface area contributed by atoms with Gasteiger partial charge in [0.1, 0.15) is 17.5 Å². The van der Waals surface area contributed by atoms with Crippen LogP contribution in [0.4, 0.5) is 8.78 Å². The second-order valence-corrected chi connectivity index (χ2v) is 5.44. The Kier molecular flexibility index (Phi) is 3.30. The fourth-order valence-electron chi connectivity index (χ4n) is 2.91. The van der Waals surface area contributed by atoms with Gasteiger partial charge in [-0.05, 0) is 37.8 Å². The molecule has 0 unspecified atom stereocenters. The molecule has 3 rings (SSSR count). The minimum Gasteiger partial charge on any atom is -0.328 e. The zero-order valence-electron chi connectivity index (χ0n) is 11.3. The third-order valence-corrected chi connectivity index (χ3v) is 4.02. The first-order valence-electron chi connectivity index (χ1n) is 6.81. The van der Waals surface area contributed by atoms with Gasteiger partial charge in [0.05, 0.1) is 5.56 Å². The average molecular weight is 277 g/mol. The van der Waals surface area contributed by atoms with Crippen LogP contribution in [0.15, 0.2) is 24.5 Å². The minimum atomic E-state index is -0.581. The van der Waals surface area contributed by atoms with Crippen molar-refractivity contribution in [1.82, 2.24) is 9.55 Å². The summed E-state index contributed by atoms with van der Waals surface area (Å²) in [6.45, 7) is 1.62. The number of nitrogens with zero attached hydrogens (tertiary/aromatic N) is 2. The molecular formula is C15H17F2N3. The highest BCUT2D eigenvalue weighted by atomic mass is 19.1. The van der Waals surface area contributed by atoms with Crippen molar-refractivity contribution in [3.63, 3.8) is 0 Å². The lowest BCUT2D eigenvalue weighted by Crippen LogP contribution is -2.16. The first-order chi connectivity index (χ1) is 9.58. The van der Waals surface area contributed by atoms with Gasteiger partial charge in [-0.2, -0.15) is 0 Å². The van der Waals surface area contributed by atoms with Crippen LogP contribution in [0.3, 0.4) is 0 Å². The van der Waals surface area contributed by atoms with Gasteiger partial charge in [-0.15, -0.1) is 0 Å². The van der Waals surface area contributed by atoms with E-state index in [1.54, 1.807) is 19.3 Å². The van der Waals surface area contributed by atoms with E-state index in [1.807, 2.05) is 4.57 Å². The summed E-state index contributed by atoms with van der Waals surface area (Å²) < 4.78 is 30.1. The molecule has 1 aliphatic rings. The highest BCUT2D eigenvalue weighted by molar-refractivity contribution is 5.59. The third kappa shape index (κ3) is 2.12. The van der Waals surface area contributed by atoms with Crippen LogP contribution in [-0.2, 0) is 0 Å². The summed E-state index contributed by atoms with van der Waals surface area (Å²) in [6.07, 6.45) is 6.03. The van der Waals surface area contributed by atoms with Crippen LogP contribution >= 0.6 is 0 Å². The smallest absolute Gasteiger partial charge is 0.146 e. The molecular weight excluding hydrogens is 260 g/mol. The van der Waals surface area contributed by atoms with Gasteiger partial charge in [0, 0.05) is 24.5 Å². The van der Waals surface area contributed by atoms with Crippen molar-refractivity contribution < 1.29 is 8.78 Å². The Morgan fingerprint density at radius 2 is 2.10 bits per heavy atom. The lowest BCUT2D eigenvalue weighted by atomic mass is 10.1. The topological polar surface area (TPSA) is 43.8 Å². The summed E-state index contributed by atoms with van der Waals surface area (Å²) in [6, 6.07) is 3.05. The van der Waals surface area contributed by atoms with E-state index in [9.17, 15) is 8.78 Å². The lowest BCUT2D eigenvalue weighted by molar-refractivity contribution is 0.508. The predicted octanol–water partition coefficient (Wildman–Crippen LogP) is 3.19. The van der Waals surface area contributed by atoms with Crippen molar-refractivity contribution in [2.75, 3.05) is 0 Å². The molecule has 2 aromatic rings. The van der Waals surface area contributed by atoms with Gasteiger partial charge in [0.15, 0.2) is 0 Å². The predicted molar refractivity (Wildman–Crippen MR) is 73.2 cm³/mol. The number of rotatable bonds is 2. The molecule has 0 spiro atoms. The molecule has 5 heteroatoms. The maximum Gasteiger partial charge on any atom is 0.146 e. The van der Waals surface area contributed by atoms with Crippen molar-refractivity contribution in [2.45, 2.75) is 38.3 Å². The van der Waals surface area contributed by atoms with Crippen molar-refractivity contribution in [3.8, 4) is 11.4 Å². The maximum atomic E-state index is 14.3. The SMILES string of the molecule is Cc1ccc(F)c(-c2nccn2[C@@H]2CC[C@H](N)C2)c1F. The van der Waals surface area contributed by atoms with Crippen molar-refractivity contribution >= 4 is 0 Å². The normalized spacial score (nSPS) is 22.4. The molecule has 0 aliphatic heterocycles. The Morgan fingerprint density at radius 3 is 2.80 bits per heavy atom. The van der Waals surface area contributed by atoms with E-state index in [4.69, 9.17) is 5.73 Å². The van der Waals surface area contributed by atoms with Gasteiger partial charge in [-0.1, -0.05) is 6.07 Å². The van der Waals surface area contributed by atoms with Crippen LogP contribution in [-0.4, -0.2) is 15.6 Å². The van der Waals surface area contributed by atoms with Gasteiger partial charge >= 0.3 is 0 Å². The summed E-state index contributed by atoms with van der Waals surface area (Å²) in [4.78, 5) is 4.16. The van der Waals surface area contributed by atoms with E-state index >= 15 is 0 Å². The summed E-state index contributed by atoms with van der Waals surface area (Å²) in [5, 5.41) is 0. The van der Waals surface area contributed by atoms with Crippen LogP contribution in [0.1, 0.15) is 30.9 Å². The molecule has 2 N–H and O–H groups in total. The minimum absolute atomic E-state index is 0.0459. The van der Waals surface area contributed by atoms with Gasteiger partial charge in [0.25, 0.3) is 0 Å². The fourth-order valence-corrected chi connectivity index (χ4v) is 2.91. The Morgan fingerprint density at radius 1 is 1.30 bits per heavy atom. The van der Waals surface area contributed by atoms with E-state index in [1.165, 1.54) is 12.1 Å². The lowest BCUT2D eigenvalue weighted by Gasteiger charge is -2.16. The Bertz CT molecular complexity index is 636. The number of nitrogens with two attached hydrogens (primary N) is 1. The van der Waals surface area contributed by atoms with E-state index < -0.39 is 11.6 Å². The molecule has 0 saturated heterocycles. The molecule has 106 valence electrons. The zero-order chi connectivity index (χ0) is 14.3. The monoisotopic (exact) mass is 277 g/mol. The molecule has 1 aliphatic carbocycles. The number of hydrogen-bond donors (Lipinski definition) is 1. The number of halogens is 2. The van der Waals surface area contributed by atoms with Crippen molar-refractivity contribution in [3.05, 3.63) is 41.7 Å². The number of imidazole rings is 1. The third-order valence-electron chi connectivity index (χ3n) is 4.02. The molecule has 0 radical (unpaired) electrons. The maximum absolute atomic E-state index is 14.3. The molecule has 1 aromatic carbocycles.